The highest BCUT2D eigenvalue weighted by molar-refractivity contribution is 9.10. The number of ether oxygens (including phenoxy) is 1. The molecule has 9 heteroatoms. The van der Waals surface area contributed by atoms with Crippen LogP contribution in [-0.4, -0.2) is 72.6 Å². The van der Waals surface area contributed by atoms with Gasteiger partial charge in [-0.15, -0.1) is 0 Å². The van der Waals surface area contributed by atoms with Gasteiger partial charge in [-0.1, -0.05) is 47.1 Å². The Morgan fingerprint density at radius 3 is 2.38 bits per heavy atom. The Morgan fingerprint density at radius 2 is 1.68 bits per heavy atom. The highest BCUT2D eigenvalue weighted by Crippen LogP contribution is 2.42. The third-order valence-corrected chi connectivity index (χ3v) is 9.73. The quantitative estimate of drug-likeness (QED) is 0.223. The fourth-order valence-electron chi connectivity index (χ4n) is 5.03. The number of nitrogens with zero attached hydrogens (tertiary/aromatic N) is 3. The Kier molecular flexibility index (Phi) is 9.46. The lowest BCUT2D eigenvalue weighted by Gasteiger charge is -2.40. The first-order valence-electron chi connectivity index (χ1n) is 13.6. The molecule has 0 aromatic heterocycles. The molecule has 0 aliphatic carbocycles. The Balaban J connectivity index is 1.10. The number of halogens is 1. The zero-order valence-corrected chi connectivity index (χ0v) is 25.0. The van der Waals surface area contributed by atoms with Gasteiger partial charge in [0.25, 0.3) is 5.91 Å². The van der Waals surface area contributed by atoms with E-state index in [-0.39, 0.29) is 27.9 Å². The molecule has 0 saturated carbocycles. The highest BCUT2D eigenvalue weighted by atomic mass is 79.9. The molecule has 2 aliphatic heterocycles. The van der Waals surface area contributed by atoms with Crippen molar-refractivity contribution in [3.63, 3.8) is 0 Å². The van der Waals surface area contributed by atoms with Crippen LogP contribution in [0.4, 0.5) is 5.69 Å². The van der Waals surface area contributed by atoms with E-state index in [0.717, 1.165) is 45.6 Å². The van der Waals surface area contributed by atoms with Crippen molar-refractivity contribution >= 4 is 43.6 Å². The molecule has 0 bridgehead atoms. The molecule has 0 radical (unpaired) electrons. The summed E-state index contributed by atoms with van der Waals surface area (Å²) in [5.41, 5.74) is 1.37. The number of hydrogen-bond acceptors (Lipinski definition) is 6. The third-order valence-electron chi connectivity index (χ3n) is 7.15. The number of phenols is 1. The second kappa shape index (κ2) is 13.4. The predicted molar refractivity (Wildman–Crippen MR) is 167 cm³/mol. The Hall–Kier alpha value is -3.27. The lowest BCUT2D eigenvalue weighted by Crippen LogP contribution is -2.48. The number of phenolic OH excluding ortho intramolecular Hbond substituents is 1. The molecule has 210 valence electrons. The minimum Gasteiger partial charge on any atom is -0.506 e. The van der Waals surface area contributed by atoms with Crippen molar-refractivity contribution in [3.05, 3.63) is 94.7 Å². The molecule has 3 aromatic carbocycles. The van der Waals surface area contributed by atoms with Crippen LogP contribution in [0.3, 0.4) is 0 Å². The van der Waals surface area contributed by atoms with Gasteiger partial charge in [0.15, 0.2) is 0 Å². The minimum absolute atomic E-state index is 0.105. The summed E-state index contributed by atoms with van der Waals surface area (Å²) in [6.07, 6.45) is 4.15. The van der Waals surface area contributed by atoms with Crippen molar-refractivity contribution in [1.29, 1.82) is 0 Å². The molecule has 40 heavy (non-hydrogen) atoms. The van der Waals surface area contributed by atoms with Crippen LogP contribution in [-0.2, 0) is 0 Å². The van der Waals surface area contributed by atoms with Crippen LogP contribution in [0.25, 0.3) is 0 Å². The number of para-hydroxylation sites is 1. The first-order chi connectivity index (χ1) is 19.6. The number of nitrogens with one attached hydrogen (secondary N) is 1. The third kappa shape index (κ3) is 6.37. The van der Waals surface area contributed by atoms with Gasteiger partial charge in [0.2, 0.25) is 0 Å². The summed E-state index contributed by atoms with van der Waals surface area (Å²) >= 11 is 3.27. The van der Waals surface area contributed by atoms with Gasteiger partial charge in [-0.05, 0) is 83.2 Å². The van der Waals surface area contributed by atoms with E-state index < -0.39 is 0 Å². The topological polar surface area (TPSA) is 68.3 Å². The highest BCUT2D eigenvalue weighted by Gasteiger charge is 2.28. The van der Waals surface area contributed by atoms with Crippen LogP contribution < -0.4 is 14.4 Å². The lowest BCUT2D eigenvalue weighted by molar-refractivity contribution is 0.0946. The average molecular weight is 624 g/mol. The van der Waals surface area contributed by atoms with E-state index in [9.17, 15) is 9.90 Å². The molecule has 7 nitrogen and oxygen atoms in total. The van der Waals surface area contributed by atoms with Crippen molar-refractivity contribution < 1.29 is 14.6 Å². The van der Waals surface area contributed by atoms with E-state index in [1.165, 1.54) is 23.5 Å². The van der Waals surface area contributed by atoms with Crippen molar-refractivity contribution in [1.82, 2.24) is 15.1 Å². The summed E-state index contributed by atoms with van der Waals surface area (Å²) in [6, 6.07) is 24.7. The number of methoxy groups -OCH3 is 1. The van der Waals surface area contributed by atoms with Crippen LogP contribution >= 0.6 is 26.6 Å². The first kappa shape index (κ1) is 28.3. The number of carbonyl (C=O) groups is 1. The van der Waals surface area contributed by atoms with E-state index >= 15 is 0 Å². The van der Waals surface area contributed by atoms with Crippen LogP contribution in [0.1, 0.15) is 23.2 Å². The van der Waals surface area contributed by atoms with Gasteiger partial charge in [-0.25, -0.2) is 0 Å². The molecule has 1 amide bonds. The minimum atomic E-state index is -0.330. The second-order valence-corrected chi connectivity index (χ2v) is 12.3. The first-order valence-corrected chi connectivity index (χ1v) is 15.6. The van der Waals surface area contributed by atoms with Crippen molar-refractivity contribution in [2.45, 2.75) is 17.7 Å². The van der Waals surface area contributed by atoms with Gasteiger partial charge in [0.1, 0.15) is 22.9 Å². The van der Waals surface area contributed by atoms with Crippen LogP contribution in [0.2, 0.25) is 0 Å². The fraction of sp³-hybridized carbons (Fsp3) is 0.290. The van der Waals surface area contributed by atoms with E-state index in [4.69, 9.17) is 4.74 Å². The monoisotopic (exact) mass is 622 g/mol. The molecule has 1 atom stereocenters. The van der Waals surface area contributed by atoms with Gasteiger partial charge in [0, 0.05) is 37.6 Å². The molecule has 1 fully saturated rings. The largest absolute Gasteiger partial charge is 0.506 e. The van der Waals surface area contributed by atoms with E-state index in [1.807, 2.05) is 0 Å². The number of unbranched alkanes of at least 4 members (excludes halogenated alkanes) is 1. The number of benzene rings is 3. The summed E-state index contributed by atoms with van der Waals surface area (Å²) in [6.45, 7) is 5.52. The van der Waals surface area contributed by atoms with Crippen LogP contribution in [0.5, 0.6) is 11.5 Å². The van der Waals surface area contributed by atoms with Crippen molar-refractivity contribution in [2.24, 2.45) is 0 Å². The van der Waals surface area contributed by atoms with Crippen molar-refractivity contribution in [2.75, 3.05) is 50.7 Å². The second-order valence-electron chi connectivity index (χ2n) is 9.68. The average Bonchev–Trinajstić information content (AvgIpc) is 3.44. The van der Waals surface area contributed by atoms with Gasteiger partial charge in [-0.3, -0.25) is 14.0 Å². The van der Waals surface area contributed by atoms with Gasteiger partial charge in [0.05, 0.1) is 17.3 Å². The Bertz CT molecular complexity index is 1380. The standard InChI is InChI=1S/C31H35BrN4O3S/c1-39-27-15-14-26(32)30(37)29(27)31(38)33-17-8-9-18-34-19-21-35(22-20-34)28-16-23-40(25-12-6-3-7-13-25)36(28)24-10-4-2-5-11-24/h2-7,10-16,23,37H,8-9,17-22H2,1H3,(H,33,38). The maximum atomic E-state index is 12.7. The molecule has 3 aromatic rings. The molecular formula is C31H35BrN4O3S. The van der Waals surface area contributed by atoms with E-state index in [2.05, 4.69) is 107 Å². The maximum absolute atomic E-state index is 12.7. The number of piperazine rings is 1. The number of rotatable bonds is 10. The lowest BCUT2D eigenvalue weighted by atomic mass is 10.1. The summed E-state index contributed by atoms with van der Waals surface area (Å²) < 4.78 is 8.20. The Labute approximate surface area is 247 Å². The molecule has 2 heterocycles. The summed E-state index contributed by atoms with van der Waals surface area (Å²) in [5.74, 6) is 1.19. The van der Waals surface area contributed by atoms with Gasteiger partial charge < -0.3 is 20.1 Å². The molecule has 2 N–H and O–H groups in total. The Morgan fingerprint density at radius 1 is 0.975 bits per heavy atom. The van der Waals surface area contributed by atoms with E-state index in [1.54, 1.807) is 12.1 Å². The molecule has 5 rings (SSSR count). The number of hydrogen-bond donors (Lipinski definition) is 2. The zero-order chi connectivity index (χ0) is 27.9. The molecule has 1 unspecified atom stereocenters. The normalized spacial score (nSPS) is 17.4. The van der Waals surface area contributed by atoms with Crippen LogP contribution in [0, 0.1) is 0 Å². The number of allylic oxidation sites excluding steroid dienone is 1. The molecule has 1 saturated heterocycles. The number of anilines is 1. The maximum Gasteiger partial charge on any atom is 0.258 e. The summed E-state index contributed by atoms with van der Waals surface area (Å²) in [4.78, 5) is 19.0. The summed E-state index contributed by atoms with van der Waals surface area (Å²) in [5, 5.41) is 15.6. The number of amides is 1. The molecule has 0 spiro atoms. The smallest absolute Gasteiger partial charge is 0.258 e. The van der Waals surface area contributed by atoms with Crippen molar-refractivity contribution in [3.8, 4) is 11.5 Å². The van der Waals surface area contributed by atoms with E-state index in [0.29, 0.717) is 16.8 Å². The van der Waals surface area contributed by atoms with Crippen LogP contribution in [0.15, 0.2) is 94.1 Å². The SMILES string of the molecule is COc1ccc(Br)c(O)c1C(=O)NCCCCN1CCN(C2=CC=S(c3ccccc3)N2c2ccccc2)CC1. The van der Waals surface area contributed by atoms with Gasteiger partial charge >= 0.3 is 0 Å². The van der Waals surface area contributed by atoms with Gasteiger partial charge in [-0.2, -0.15) is 0 Å². The zero-order valence-electron chi connectivity index (χ0n) is 22.6. The molecular weight excluding hydrogens is 588 g/mol. The number of carbonyl (C=O) groups excluding carboxylic acids is 1. The number of aromatic hydroxyl groups is 1. The molecule has 2 aliphatic rings. The predicted octanol–water partition coefficient (Wildman–Crippen LogP) is 5.70. The fourth-order valence-corrected chi connectivity index (χ4v) is 7.26. The summed E-state index contributed by atoms with van der Waals surface area (Å²) in [7, 11) is 1.34.